The second kappa shape index (κ2) is 9.08. The van der Waals surface area contributed by atoms with Gasteiger partial charge in [-0.25, -0.2) is 4.63 Å². The Kier molecular flexibility index (Phi) is 6.32. The summed E-state index contributed by atoms with van der Waals surface area (Å²) in [5, 5.41) is 32.5. The smallest absolute Gasteiger partial charge is 0.300 e. The molecule has 0 saturated heterocycles. The molecule has 0 aliphatic rings. The number of hydrogen-bond acceptors (Lipinski definition) is 9. The highest BCUT2D eigenvalue weighted by Gasteiger charge is 2.19. The van der Waals surface area contributed by atoms with Crippen molar-refractivity contribution in [2.75, 3.05) is 11.9 Å². The zero-order chi connectivity index (χ0) is 20.8. The van der Waals surface area contributed by atoms with Crippen LogP contribution in [0.5, 0.6) is 0 Å². The molecule has 2 N–H and O–H groups in total. The predicted octanol–water partition coefficient (Wildman–Crippen LogP) is 1.68. The summed E-state index contributed by atoms with van der Waals surface area (Å²) in [6.07, 6.45) is 3.48. The van der Waals surface area contributed by atoms with Gasteiger partial charge in [0.05, 0.1) is 16.3 Å². The molecule has 12 nitrogen and oxygen atoms in total. The average Bonchev–Trinajstić information content (AvgIpc) is 3.32. The molecule has 0 radical (unpaired) electrons. The van der Waals surface area contributed by atoms with Crippen molar-refractivity contribution in [2.24, 2.45) is 0 Å². The Morgan fingerprint density at radius 3 is 2.86 bits per heavy atom. The summed E-state index contributed by atoms with van der Waals surface area (Å²) in [4.78, 5) is 22.2. The van der Waals surface area contributed by atoms with Gasteiger partial charge in [-0.15, -0.1) is 5.10 Å². The Labute approximate surface area is 165 Å². The maximum Gasteiger partial charge on any atom is 0.300 e. The second-order valence-electron chi connectivity index (χ2n) is 6.83. The van der Waals surface area contributed by atoms with E-state index in [4.69, 9.17) is 0 Å². The van der Waals surface area contributed by atoms with E-state index in [0.29, 0.717) is 37.1 Å². The summed E-state index contributed by atoms with van der Waals surface area (Å²) in [5.74, 6) is -0.00416. The molecular weight excluding hydrogens is 380 g/mol. The van der Waals surface area contributed by atoms with E-state index in [9.17, 15) is 14.9 Å². The molecule has 0 aliphatic heterocycles. The first-order chi connectivity index (χ1) is 13.9. The summed E-state index contributed by atoms with van der Waals surface area (Å²) < 4.78 is 6.36. The second-order valence-corrected chi connectivity index (χ2v) is 6.83. The van der Waals surface area contributed by atoms with E-state index >= 15 is 0 Å². The molecule has 0 atom stereocenters. The van der Waals surface area contributed by atoms with Gasteiger partial charge < -0.3 is 10.6 Å². The fourth-order valence-electron chi connectivity index (χ4n) is 2.81. The summed E-state index contributed by atoms with van der Waals surface area (Å²) in [6.45, 7) is 5.06. The van der Waals surface area contributed by atoms with Gasteiger partial charge in [0.15, 0.2) is 5.52 Å². The number of nitrogens with one attached hydrogen (secondary N) is 2. The highest BCUT2D eigenvalue weighted by Crippen LogP contribution is 2.28. The minimum absolute atomic E-state index is 0.00416. The first-order valence-electron chi connectivity index (χ1n) is 9.26. The van der Waals surface area contributed by atoms with Crippen LogP contribution < -0.4 is 10.6 Å². The van der Waals surface area contributed by atoms with Crippen LogP contribution in [0.2, 0.25) is 0 Å². The Morgan fingerprint density at radius 1 is 1.31 bits per heavy atom. The van der Waals surface area contributed by atoms with Gasteiger partial charge in [0.25, 0.3) is 0 Å². The number of fused-ring (bicyclic) bond motifs is 1. The number of aromatic nitrogens is 5. The Hall–Kier alpha value is -3.57. The fraction of sp³-hybridized carbons (Fsp3) is 0.471. The zero-order valence-corrected chi connectivity index (χ0v) is 16.2. The van der Waals surface area contributed by atoms with Gasteiger partial charge in [-0.3, -0.25) is 19.6 Å². The van der Waals surface area contributed by atoms with E-state index in [-0.39, 0.29) is 23.2 Å². The van der Waals surface area contributed by atoms with Gasteiger partial charge in [-0.2, -0.15) is 0 Å². The maximum absolute atomic E-state index is 11.7. The number of carbonyl (C=O) groups is 1. The number of amides is 1. The summed E-state index contributed by atoms with van der Waals surface area (Å²) in [7, 11) is 0. The molecular formula is C17H22N8O4. The lowest BCUT2D eigenvalue weighted by Gasteiger charge is -2.07. The van der Waals surface area contributed by atoms with Crippen molar-refractivity contribution < 1.29 is 14.3 Å². The van der Waals surface area contributed by atoms with Crippen LogP contribution in [0, 0.1) is 10.1 Å². The lowest BCUT2D eigenvalue weighted by atomic mass is 10.2. The van der Waals surface area contributed by atoms with Crippen LogP contribution in [0.4, 0.5) is 11.4 Å². The number of hydrogen-bond donors (Lipinski definition) is 2. The third kappa shape index (κ3) is 5.24. The number of non-ortho nitro benzene ring substituents is 1. The third-order valence-corrected chi connectivity index (χ3v) is 4.11. The van der Waals surface area contributed by atoms with E-state index in [0.717, 1.165) is 12.1 Å². The van der Waals surface area contributed by atoms with E-state index in [1.807, 2.05) is 20.0 Å². The van der Waals surface area contributed by atoms with Crippen LogP contribution in [-0.2, 0) is 17.8 Å². The highest BCUT2D eigenvalue weighted by molar-refractivity contribution is 5.93. The zero-order valence-electron chi connectivity index (χ0n) is 16.2. The molecule has 154 valence electrons. The fourth-order valence-corrected chi connectivity index (χ4v) is 2.81. The van der Waals surface area contributed by atoms with Gasteiger partial charge in [-0.1, -0.05) is 5.21 Å². The van der Waals surface area contributed by atoms with Crippen molar-refractivity contribution in [3.63, 3.8) is 0 Å². The van der Waals surface area contributed by atoms with Crippen molar-refractivity contribution in [1.29, 1.82) is 0 Å². The van der Waals surface area contributed by atoms with E-state index in [1.54, 1.807) is 10.7 Å². The molecule has 0 bridgehead atoms. The molecule has 3 aromatic rings. The highest BCUT2D eigenvalue weighted by atomic mass is 16.6. The molecule has 1 aromatic carbocycles. The number of nitro groups is 1. The van der Waals surface area contributed by atoms with E-state index in [1.165, 1.54) is 6.07 Å². The summed E-state index contributed by atoms with van der Waals surface area (Å²) in [6, 6.07) is 3.07. The standard InChI is InChI=1S/C17H22N8O4/c1-11(2)19-15(26)7-4-12-10-24(23-20-12)9-3-8-18-13-5-6-14(25(27)28)17-16(13)21-29-22-17/h5-6,10-11,18H,3-4,7-9H2,1-2H3,(H,19,26). The van der Waals surface area contributed by atoms with Crippen LogP contribution in [0.1, 0.15) is 32.4 Å². The number of nitro benzene ring substituents is 1. The van der Waals surface area contributed by atoms with Crippen LogP contribution in [0.3, 0.4) is 0 Å². The summed E-state index contributed by atoms with van der Waals surface area (Å²) >= 11 is 0. The molecule has 29 heavy (non-hydrogen) atoms. The van der Waals surface area contributed by atoms with Crippen molar-refractivity contribution in [3.8, 4) is 0 Å². The van der Waals surface area contributed by atoms with Gasteiger partial charge in [0.2, 0.25) is 11.4 Å². The van der Waals surface area contributed by atoms with Crippen LogP contribution in [0.15, 0.2) is 23.0 Å². The number of aryl methyl sites for hydroxylation is 2. The molecule has 0 spiro atoms. The number of anilines is 1. The Morgan fingerprint density at radius 2 is 2.10 bits per heavy atom. The SMILES string of the molecule is CC(C)NC(=O)CCc1cn(CCCNc2ccc([N+](=O)[O-])c3nonc23)nn1. The molecule has 1 amide bonds. The predicted molar refractivity (Wildman–Crippen MR) is 103 cm³/mol. The van der Waals surface area contributed by atoms with Gasteiger partial charge in [-0.05, 0) is 36.6 Å². The normalized spacial score (nSPS) is 11.1. The summed E-state index contributed by atoms with van der Waals surface area (Å²) in [5.41, 5.74) is 1.67. The van der Waals surface area contributed by atoms with E-state index in [2.05, 4.69) is 35.9 Å². The van der Waals surface area contributed by atoms with Crippen LogP contribution in [-0.4, -0.2) is 48.7 Å². The number of rotatable bonds is 10. The quantitative estimate of drug-likeness (QED) is 0.293. The van der Waals surface area contributed by atoms with Gasteiger partial charge in [0.1, 0.15) is 0 Å². The molecule has 0 fully saturated rings. The molecule has 0 unspecified atom stereocenters. The Bertz CT molecular complexity index is 996. The van der Waals surface area contributed by atoms with Crippen LogP contribution >= 0.6 is 0 Å². The van der Waals surface area contributed by atoms with Crippen molar-refractivity contribution >= 4 is 28.3 Å². The first kappa shape index (κ1) is 20.2. The van der Waals surface area contributed by atoms with Gasteiger partial charge >= 0.3 is 5.69 Å². The molecule has 0 aliphatic carbocycles. The minimum Gasteiger partial charge on any atom is -0.383 e. The molecule has 2 aromatic heterocycles. The molecule has 12 heteroatoms. The number of carbonyl (C=O) groups excluding carboxylic acids is 1. The molecule has 0 saturated carbocycles. The first-order valence-corrected chi connectivity index (χ1v) is 9.26. The number of benzene rings is 1. The van der Waals surface area contributed by atoms with Gasteiger partial charge in [0, 0.05) is 44.2 Å². The van der Waals surface area contributed by atoms with Crippen molar-refractivity contribution in [1.82, 2.24) is 30.6 Å². The average molecular weight is 402 g/mol. The largest absolute Gasteiger partial charge is 0.383 e. The third-order valence-electron chi connectivity index (χ3n) is 4.11. The number of nitrogens with zero attached hydrogens (tertiary/aromatic N) is 6. The Balaban J connectivity index is 1.47. The lowest BCUT2D eigenvalue weighted by Crippen LogP contribution is -2.30. The van der Waals surface area contributed by atoms with Crippen molar-refractivity contribution in [2.45, 2.75) is 45.7 Å². The topological polar surface area (TPSA) is 154 Å². The molecule has 2 heterocycles. The monoisotopic (exact) mass is 402 g/mol. The lowest BCUT2D eigenvalue weighted by molar-refractivity contribution is -0.383. The van der Waals surface area contributed by atoms with Crippen molar-refractivity contribution in [3.05, 3.63) is 34.1 Å². The maximum atomic E-state index is 11.7. The van der Waals surface area contributed by atoms with Crippen LogP contribution in [0.25, 0.3) is 11.0 Å². The van der Waals surface area contributed by atoms with E-state index < -0.39 is 4.92 Å². The minimum atomic E-state index is -0.523. The molecule has 3 rings (SSSR count).